The molecule has 2 heterocycles. The second-order valence-electron chi connectivity index (χ2n) is 8.26. The van der Waals surface area contributed by atoms with Crippen LogP contribution in [0.15, 0.2) is 41.3 Å². The van der Waals surface area contributed by atoms with E-state index in [1.165, 1.54) is 10.4 Å². The van der Waals surface area contributed by atoms with Gasteiger partial charge in [0.05, 0.1) is 17.7 Å². The summed E-state index contributed by atoms with van der Waals surface area (Å²) in [6.45, 7) is 3.78. The number of carbonyl (C=O) groups excluding carboxylic acids is 2. The zero-order valence-corrected chi connectivity index (χ0v) is 19.6. The minimum Gasteiger partial charge on any atom is -0.497 e. The fraction of sp³-hybridized carbons (Fsp3) is 0.391. The van der Waals surface area contributed by atoms with Gasteiger partial charge in [-0.05, 0) is 62.6 Å². The average molecular weight is 474 g/mol. The minimum atomic E-state index is -3.78. The Morgan fingerprint density at radius 1 is 1.18 bits per heavy atom. The average Bonchev–Trinajstić information content (AvgIpc) is 2.80. The summed E-state index contributed by atoms with van der Waals surface area (Å²) >= 11 is 0. The van der Waals surface area contributed by atoms with Crippen LogP contribution in [0.25, 0.3) is 0 Å². The first-order valence-electron chi connectivity index (χ1n) is 10.8. The molecule has 0 aliphatic carbocycles. The Hall–Kier alpha value is -3.11. The second-order valence-corrected chi connectivity index (χ2v) is 10.2. The van der Waals surface area contributed by atoms with E-state index < -0.39 is 16.1 Å². The van der Waals surface area contributed by atoms with Gasteiger partial charge in [0.1, 0.15) is 11.5 Å². The SMILES string of the molecule is COc1ccc(NC(=O)C2CCN(S(=O)(=O)c3cc4c(cc3C)NC(=O)C(C)O4)CC2)cc1. The number of methoxy groups -OCH3 is 1. The summed E-state index contributed by atoms with van der Waals surface area (Å²) in [7, 11) is -2.20. The van der Waals surface area contributed by atoms with Gasteiger partial charge in [-0.25, -0.2) is 8.42 Å². The first-order valence-corrected chi connectivity index (χ1v) is 12.2. The maximum Gasteiger partial charge on any atom is 0.265 e. The number of hydrogen-bond acceptors (Lipinski definition) is 6. The van der Waals surface area contributed by atoms with Crippen LogP contribution >= 0.6 is 0 Å². The Kier molecular flexibility index (Phi) is 6.31. The van der Waals surface area contributed by atoms with E-state index in [-0.39, 0.29) is 35.7 Å². The number of nitrogens with one attached hydrogen (secondary N) is 2. The van der Waals surface area contributed by atoms with Crippen LogP contribution < -0.4 is 20.1 Å². The highest BCUT2D eigenvalue weighted by Crippen LogP contribution is 2.36. The molecule has 176 valence electrons. The molecule has 0 spiro atoms. The molecule has 2 aromatic rings. The molecule has 2 amide bonds. The quantitative estimate of drug-likeness (QED) is 0.690. The van der Waals surface area contributed by atoms with E-state index in [1.54, 1.807) is 51.3 Å². The molecule has 0 saturated carbocycles. The molecule has 2 aliphatic heterocycles. The maximum atomic E-state index is 13.3. The summed E-state index contributed by atoms with van der Waals surface area (Å²) < 4.78 is 38.8. The highest BCUT2D eigenvalue weighted by Gasteiger charge is 2.34. The molecule has 1 atom stereocenters. The zero-order chi connectivity index (χ0) is 23.8. The first-order chi connectivity index (χ1) is 15.7. The molecular formula is C23H27N3O6S. The number of anilines is 2. The highest BCUT2D eigenvalue weighted by atomic mass is 32.2. The van der Waals surface area contributed by atoms with E-state index in [2.05, 4.69) is 10.6 Å². The topological polar surface area (TPSA) is 114 Å². The summed E-state index contributed by atoms with van der Waals surface area (Å²) in [6.07, 6.45) is 0.152. The molecule has 2 aliphatic rings. The van der Waals surface area contributed by atoms with Crippen molar-refractivity contribution in [1.82, 2.24) is 4.31 Å². The largest absolute Gasteiger partial charge is 0.497 e. The first kappa shape index (κ1) is 23.1. The summed E-state index contributed by atoms with van der Waals surface area (Å²) in [5.41, 5.74) is 1.65. The number of rotatable bonds is 5. The van der Waals surface area contributed by atoms with Gasteiger partial charge < -0.3 is 20.1 Å². The normalized spacial score (nSPS) is 19.2. The Morgan fingerprint density at radius 3 is 2.48 bits per heavy atom. The Labute approximate surface area is 193 Å². The lowest BCUT2D eigenvalue weighted by atomic mass is 9.97. The number of amides is 2. The van der Waals surface area contributed by atoms with E-state index in [4.69, 9.17) is 9.47 Å². The number of hydrogen-bond donors (Lipinski definition) is 2. The molecule has 2 N–H and O–H groups in total. The van der Waals surface area contributed by atoms with Crippen molar-refractivity contribution >= 4 is 33.2 Å². The second kappa shape index (κ2) is 9.03. The van der Waals surface area contributed by atoms with Crippen molar-refractivity contribution in [2.75, 3.05) is 30.8 Å². The lowest BCUT2D eigenvalue weighted by Gasteiger charge is -2.31. The Morgan fingerprint density at radius 2 is 1.85 bits per heavy atom. The summed E-state index contributed by atoms with van der Waals surface area (Å²) in [5.74, 6) is 0.363. The number of aryl methyl sites for hydroxylation is 1. The van der Waals surface area contributed by atoms with Crippen LogP contribution in [0.1, 0.15) is 25.3 Å². The smallest absolute Gasteiger partial charge is 0.265 e. The molecule has 1 fully saturated rings. The number of piperidine rings is 1. The number of ether oxygens (including phenoxy) is 2. The van der Waals surface area contributed by atoms with Gasteiger partial charge in [-0.15, -0.1) is 0 Å². The van der Waals surface area contributed by atoms with Gasteiger partial charge >= 0.3 is 0 Å². The molecule has 1 saturated heterocycles. The lowest BCUT2D eigenvalue weighted by molar-refractivity contribution is -0.123. The van der Waals surface area contributed by atoms with E-state index in [1.807, 2.05) is 0 Å². The predicted molar refractivity (Wildman–Crippen MR) is 123 cm³/mol. The van der Waals surface area contributed by atoms with Gasteiger partial charge in [-0.3, -0.25) is 9.59 Å². The maximum absolute atomic E-state index is 13.3. The minimum absolute atomic E-state index is 0.125. The fourth-order valence-electron chi connectivity index (χ4n) is 4.04. The Balaban J connectivity index is 1.43. The molecule has 4 rings (SSSR count). The van der Waals surface area contributed by atoms with Crippen LogP contribution in [0.4, 0.5) is 11.4 Å². The van der Waals surface area contributed by atoms with Crippen molar-refractivity contribution in [2.45, 2.75) is 37.7 Å². The van der Waals surface area contributed by atoms with Crippen molar-refractivity contribution in [1.29, 1.82) is 0 Å². The molecule has 1 unspecified atom stereocenters. The monoisotopic (exact) mass is 473 g/mol. The van der Waals surface area contributed by atoms with E-state index >= 15 is 0 Å². The summed E-state index contributed by atoms with van der Waals surface area (Å²) in [4.78, 5) is 24.6. The van der Waals surface area contributed by atoms with Gasteiger partial charge in [-0.2, -0.15) is 4.31 Å². The van der Waals surface area contributed by atoms with Crippen LogP contribution in [-0.2, 0) is 19.6 Å². The fourth-order valence-corrected chi connectivity index (χ4v) is 5.73. The third-order valence-corrected chi connectivity index (χ3v) is 8.05. The number of sulfonamides is 1. The van der Waals surface area contributed by atoms with Crippen LogP contribution in [0.5, 0.6) is 11.5 Å². The molecule has 0 radical (unpaired) electrons. The lowest BCUT2D eigenvalue weighted by Crippen LogP contribution is -2.41. The van der Waals surface area contributed by atoms with Crippen molar-refractivity contribution in [3.63, 3.8) is 0 Å². The van der Waals surface area contributed by atoms with Gasteiger partial charge in [0.2, 0.25) is 15.9 Å². The number of nitrogens with zero attached hydrogens (tertiary/aromatic N) is 1. The molecular weight excluding hydrogens is 446 g/mol. The predicted octanol–water partition coefficient (Wildman–Crippen LogP) is 2.76. The van der Waals surface area contributed by atoms with Gasteiger partial charge in [-0.1, -0.05) is 0 Å². The van der Waals surface area contributed by atoms with Crippen LogP contribution in [-0.4, -0.2) is 50.8 Å². The molecule has 33 heavy (non-hydrogen) atoms. The van der Waals surface area contributed by atoms with E-state index in [0.29, 0.717) is 41.3 Å². The highest BCUT2D eigenvalue weighted by molar-refractivity contribution is 7.89. The molecule has 9 nitrogen and oxygen atoms in total. The van der Waals surface area contributed by atoms with Crippen LogP contribution in [0.3, 0.4) is 0 Å². The van der Waals surface area contributed by atoms with Gasteiger partial charge in [0.25, 0.3) is 5.91 Å². The molecule has 0 bridgehead atoms. The van der Waals surface area contributed by atoms with E-state index in [9.17, 15) is 18.0 Å². The van der Waals surface area contributed by atoms with Gasteiger partial charge in [0, 0.05) is 30.8 Å². The van der Waals surface area contributed by atoms with Crippen molar-refractivity contribution in [3.05, 3.63) is 42.0 Å². The van der Waals surface area contributed by atoms with Crippen LogP contribution in [0, 0.1) is 12.8 Å². The van der Waals surface area contributed by atoms with Crippen molar-refractivity contribution in [2.24, 2.45) is 5.92 Å². The molecule has 0 aromatic heterocycles. The van der Waals surface area contributed by atoms with E-state index in [0.717, 1.165) is 0 Å². The number of benzene rings is 2. The Bertz CT molecular complexity index is 1170. The van der Waals surface area contributed by atoms with Crippen molar-refractivity contribution in [3.8, 4) is 11.5 Å². The number of carbonyl (C=O) groups is 2. The summed E-state index contributed by atoms with van der Waals surface area (Å²) in [5, 5.41) is 5.62. The molecule has 10 heteroatoms. The molecule has 2 aromatic carbocycles. The zero-order valence-electron chi connectivity index (χ0n) is 18.8. The van der Waals surface area contributed by atoms with Crippen molar-refractivity contribution < 1.29 is 27.5 Å². The summed E-state index contributed by atoms with van der Waals surface area (Å²) in [6, 6.07) is 10.1. The van der Waals surface area contributed by atoms with Gasteiger partial charge in [0.15, 0.2) is 6.10 Å². The van der Waals surface area contributed by atoms with Crippen LogP contribution in [0.2, 0.25) is 0 Å². The third-order valence-electron chi connectivity index (χ3n) is 6.01. The number of fused-ring (bicyclic) bond motifs is 1. The third kappa shape index (κ3) is 4.67. The standard InChI is InChI=1S/C23H27N3O6S/c1-14-12-19-20(32-15(2)22(27)25-19)13-21(14)33(29,30)26-10-8-16(9-11-26)23(28)24-17-4-6-18(31-3)7-5-17/h4-7,12-13,15-16H,8-11H2,1-3H3,(H,24,28)(H,25,27).